The van der Waals surface area contributed by atoms with E-state index in [0.29, 0.717) is 25.0 Å². The molecule has 1 heterocycles. The van der Waals surface area contributed by atoms with Gasteiger partial charge in [0.05, 0.1) is 17.5 Å². The summed E-state index contributed by atoms with van der Waals surface area (Å²) < 4.78 is 19.4. The van der Waals surface area contributed by atoms with Crippen LogP contribution in [0.25, 0.3) is 0 Å². The number of hydrogen-bond donors (Lipinski definition) is 2. The van der Waals surface area contributed by atoms with Crippen molar-refractivity contribution in [2.24, 2.45) is 11.8 Å². The van der Waals surface area contributed by atoms with Gasteiger partial charge in [0.1, 0.15) is 17.5 Å². The summed E-state index contributed by atoms with van der Waals surface area (Å²) in [6, 6.07) is 2.79. The van der Waals surface area contributed by atoms with Crippen molar-refractivity contribution in [1.82, 2.24) is 4.90 Å². The number of benzene rings is 1. The minimum absolute atomic E-state index is 0.160. The van der Waals surface area contributed by atoms with Crippen LogP contribution in [-0.2, 0) is 19.1 Å². The van der Waals surface area contributed by atoms with Gasteiger partial charge in [-0.25, -0.2) is 9.18 Å². The Morgan fingerprint density at radius 2 is 1.76 bits per heavy atom. The zero-order valence-electron chi connectivity index (χ0n) is 20.0. The summed E-state index contributed by atoms with van der Waals surface area (Å²) in [6.45, 7) is 5.06. The van der Waals surface area contributed by atoms with E-state index in [1.807, 2.05) is 6.26 Å². The van der Waals surface area contributed by atoms with Crippen LogP contribution >= 0.6 is 11.8 Å². The molecule has 2 fully saturated rings. The fraction of sp³-hybridized carbons (Fsp3) is 0.583. The number of ether oxygens (including phenoxy) is 1. The summed E-state index contributed by atoms with van der Waals surface area (Å²) in [7, 11) is 0. The van der Waals surface area contributed by atoms with Crippen LogP contribution in [-0.4, -0.2) is 52.4 Å². The van der Waals surface area contributed by atoms with Crippen molar-refractivity contribution in [3.05, 3.63) is 24.0 Å². The molecule has 3 rings (SSSR count). The van der Waals surface area contributed by atoms with Gasteiger partial charge < -0.3 is 10.1 Å². The van der Waals surface area contributed by atoms with Crippen LogP contribution in [0.3, 0.4) is 0 Å². The lowest BCUT2D eigenvalue weighted by Gasteiger charge is -2.26. The van der Waals surface area contributed by atoms with Crippen molar-refractivity contribution in [1.29, 1.82) is 0 Å². The van der Waals surface area contributed by atoms with Crippen LogP contribution in [0.1, 0.15) is 52.9 Å². The molecule has 186 valence electrons. The summed E-state index contributed by atoms with van der Waals surface area (Å²) in [6.07, 6.45) is 4.51. The molecule has 0 aromatic heterocycles. The lowest BCUT2D eigenvalue weighted by atomic mass is 9.81. The summed E-state index contributed by atoms with van der Waals surface area (Å²) in [5, 5.41) is 5.02. The Labute approximate surface area is 203 Å². The molecule has 8 nitrogen and oxygen atoms in total. The van der Waals surface area contributed by atoms with E-state index in [-0.39, 0.29) is 35.0 Å². The normalized spacial score (nSPS) is 21.1. The number of anilines is 2. The number of nitrogens with zero attached hydrogens (tertiary/aromatic N) is 1. The quantitative estimate of drug-likeness (QED) is 0.545. The van der Waals surface area contributed by atoms with Crippen molar-refractivity contribution in [3.8, 4) is 0 Å². The highest BCUT2D eigenvalue weighted by molar-refractivity contribution is 7.98. The van der Waals surface area contributed by atoms with E-state index in [1.54, 1.807) is 20.8 Å². The smallest absolute Gasteiger partial charge is 0.412 e. The number of halogens is 1. The first-order valence-corrected chi connectivity index (χ1v) is 12.9. The Morgan fingerprint density at radius 3 is 2.32 bits per heavy atom. The predicted molar refractivity (Wildman–Crippen MR) is 129 cm³/mol. The predicted octanol–water partition coefficient (Wildman–Crippen LogP) is 4.41. The zero-order chi connectivity index (χ0) is 25.0. The van der Waals surface area contributed by atoms with E-state index in [1.165, 1.54) is 23.9 Å². The average Bonchev–Trinajstić information content (AvgIpc) is 3.00. The largest absolute Gasteiger partial charge is 0.444 e. The molecule has 0 spiro atoms. The third-order valence-electron chi connectivity index (χ3n) is 5.95. The second-order valence-electron chi connectivity index (χ2n) is 9.65. The first-order chi connectivity index (χ1) is 16.0. The van der Waals surface area contributed by atoms with Crippen LogP contribution in [0.15, 0.2) is 18.2 Å². The summed E-state index contributed by atoms with van der Waals surface area (Å²) >= 11 is 1.52. The van der Waals surface area contributed by atoms with Gasteiger partial charge in [0.25, 0.3) is 0 Å². The molecule has 0 radical (unpaired) electrons. The standard InChI is InChI=1S/C24H32FN3O5S/c1-24(2,3)33-23(32)27-18-13-14(9-10-17(18)25)26-20(29)19(11-12-34-4)28-21(30)15-7-5-6-8-16(15)22(28)31/h9-10,13,15-16,19H,5-8,11-12H2,1-4H3,(H,26,29)(H,27,32). The van der Waals surface area contributed by atoms with Gasteiger partial charge >= 0.3 is 6.09 Å². The second kappa shape index (κ2) is 10.8. The first kappa shape index (κ1) is 26.0. The van der Waals surface area contributed by atoms with Crippen molar-refractivity contribution < 1.29 is 28.3 Å². The third kappa shape index (κ3) is 6.08. The number of thioether (sulfide) groups is 1. The Kier molecular flexibility index (Phi) is 8.22. The Bertz CT molecular complexity index is 940. The van der Waals surface area contributed by atoms with Crippen molar-refractivity contribution in [2.45, 2.75) is 64.5 Å². The molecule has 1 aliphatic carbocycles. The number of imide groups is 1. The number of hydrogen-bond acceptors (Lipinski definition) is 6. The number of nitrogens with one attached hydrogen (secondary N) is 2. The van der Waals surface area contributed by atoms with Crippen LogP contribution in [0.5, 0.6) is 0 Å². The molecular weight excluding hydrogens is 461 g/mol. The summed E-state index contributed by atoms with van der Waals surface area (Å²) in [5.41, 5.74) is -0.696. The number of carbonyl (C=O) groups is 4. The molecule has 1 aliphatic heterocycles. The van der Waals surface area contributed by atoms with Gasteiger partial charge in [0.15, 0.2) is 0 Å². The van der Waals surface area contributed by atoms with Gasteiger partial charge in [-0.1, -0.05) is 12.8 Å². The maximum absolute atomic E-state index is 14.3. The van der Waals surface area contributed by atoms with Crippen LogP contribution in [0, 0.1) is 17.7 Å². The molecule has 2 aliphatic rings. The molecule has 1 saturated carbocycles. The molecule has 2 N–H and O–H groups in total. The zero-order valence-corrected chi connectivity index (χ0v) is 20.8. The van der Waals surface area contributed by atoms with Crippen molar-refractivity contribution in [3.63, 3.8) is 0 Å². The average molecular weight is 494 g/mol. The molecule has 34 heavy (non-hydrogen) atoms. The highest BCUT2D eigenvalue weighted by Gasteiger charge is 2.51. The number of rotatable bonds is 7. The number of carbonyl (C=O) groups excluding carboxylic acids is 4. The maximum atomic E-state index is 14.3. The van der Waals surface area contributed by atoms with Crippen LogP contribution < -0.4 is 10.6 Å². The topological polar surface area (TPSA) is 105 Å². The maximum Gasteiger partial charge on any atom is 0.412 e. The van der Waals surface area contributed by atoms with Crippen LogP contribution in [0.4, 0.5) is 20.6 Å². The van der Waals surface area contributed by atoms with Gasteiger partial charge in [0.2, 0.25) is 17.7 Å². The molecule has 3 unspecified atom stereocenters. The first-order valence-electron chi connectivity index (χ1n) is 11.5. The Hall–Kier alpha value is -2.62. The molecule has 3 atom stereocenters. The fourth-order valence-corrected chi connectivity index (χ4v) is 4.90. The third-order valence-corrected chi connectivity index (χ3v) is 6.60. The van der Waals surface area contributed by atoms with E-state index in [0.717, 1.165) is 23.8 Å². The highest BCUT2D eigenvalue weighted by Crippen LogP contribution is 2.39. The molecule has 0 bridgehead atoms. The summed E-state index contributed by atoms with van der Waals surface area (Å²) in [5.74, 6) is -1.88. The minimum atomic E-state index is -0.953. The van der Waals surface area contributed by atoms with Gasteiger partial charge in [-0.3, -0.25) is 24.6 Å². The Morgan fingerprint density at radius 1 is 1.15 bits per heavy atom. The fourth-order valence-electron chi connectivity index (χ4n) is 4.44. The van der Waals surface area contributed by atoms with E-state index in [4.69, 9.17) is 4.74 Å². The van der Waals surface area contributed by atoms with E-state index in [9.17, 15) is 23.6 Å². The molecule has 1 aromatic carbocycles. The van der Waals surface area contributed by atoms with Crippen molar-refractivity contribution >= 4 is 47.0 Å². The lowest BCUT2D eigenvalue weighted by Crippen LogP contribution is -2.48. The van der Waals surface area contributed by atoms with E-state index >= 15 is 0 Å². The monoisotopic (exact) mass is 493 g/mol. The van der Waals surface area contributed by atoms with Gasteiger partial charge in [-0.15, -0.1) is 0 Å². The number of fused-ring (bicyclic) bond motifs is 1. The minimum Gasteiger partial charge on any atom is -0.444 e. The van der Waals surface area contributed by atoms with Gasteiger partial charge in [-0.2, -0.15) is 11.8 Å². The Balaban J connectivity index is 1.78. The number of amides is 4. The SMILES string of the molecule is CSCCC(C(=O)Nc1ccc(F)c(NC(=O)OC(C)(C)C)c1)N1C(=O)C2CCCCC2C1=O. The highest BCUT2D eigenvalue weighted by atomic mass is 32.2. The lowest BCUT2D eigenvalue weighted by molar-refractivity contribution is -0.146. The van der Waals surface area contributed by atoms with E-state index < -0.39 is 29.5 Å². The number of likely N-dealkylation sites (tertiary alicyclic amines) is 1. The van der Waals surface area contributed by atoms with Gasteiger partial charge in [-0.05, 0) is 70.2 Å². The molecule has 10 heteroatoms. The molecular formula is C24H32FN3O5S. The molecule has 4 amide bonds. The molecule has 1 saturated heterocycles. The molecule has 1 aromatic rings. The second-order valence-corrected chi connectivity index (χ2v) is 10.6. The van der Waals surface area contributed by atoms with Gasteiger partial charge in [0, 0.05) is 5.69 Å². The van der Waals surface area contributed by atoms with Crippen LogP contribution in [0.2, 0.25) is 0 Å². The summed E-state index contributed by atoms with van der Waals surface area (Å²) in [4.78, 5) is 52.5. The van der Waals surface area contributed by atoms with Crippen molar-refractivity contribution in [2.75, 3.05) is 22.6 Å². The van der Waals surface area contributed by atoms with E-state index in [2.05, 4.69) is 10.6 Å².